The van der Waals surface area contributed by atoms with Gasteiger partial charge in [0.05, 0.1) is 6.61 Å². The number of carbonyl (C=O) groups is 1. The molecule has 1 heterocycles. The first-order valence-electron chi connectivity index (χ1n) is 7.64. The van der Waals surface area contributed by atoms with Gasteiger partial charge < -0.3 is 14.2 Å². The summed E-state index contributed by atoms with van der Waals surface area (Å²) in [4.78, 5) is 11.9. The molecule has 120 valence electrons. The summed E-state index contributed by atoms with van der Waals surface area (Å²) < 4.78 is 16.4. The lowest BCUT2D eigenvalue weighted by atomic mass is 10.1. The topological polar surface area (TPSA) is 56.8 Å². The molecule has 5 heteroatoms. The first-order chi connectivity index (χ1) is 11.2. The Morgan fingerprint density at radius 2 is 2.09 bits per heavy atom. The number of fused-ring (bicyclic) bond motifs is 1. The van der Waals surface area contributed by atoms with E-state index < -0.39 is 12.3 Å². The summed E-state index contributed by atoms with van der Waals surface area (Å²) in [5.41, 5.74) is 1.96. The molecular weight excluding hydrogens is 294 g/mol. The Hall–Kier alpha value is -2.69. The standard InChI is InChI=1S/C18H19NO4/c1-2-21-15-8-9-16-14(10-15)11-17(23-16)19-18(20)22-12-13-6-4-3-5-7-13/h3-10,17H,2,11-12H2,1H3,(H,19,20). The lowest BCUT2D eigenvalue weighted by Gasteiger charge is -2.13. The number of carbonyl (C=O) groups excluding carboxylic acids is 1. The summed E-state index contributed by atoms with van der Waals surface area (Å²) in [6.07, 6.45) is -0.307. The number of hydrogen-bond acceptors (Lipinski definition) is 4. The van der Waals surface area contributed by atoms with Crippen LogP contribution in [0.1, 0.15) is 18.1 Å². The highest BCUT2D eigenvalue weighted by molar-refractivity contribution is 5.67. The van der Waals surface area contributed by atoms with Gasteiger partial charge in [-0.3, -0.25) is 5.32 Å². The molecule has 5 nitrogen and oxygen atoms in total. The van der Waals surface area contributed by atoms with Crippen LogP contribution < -0.4 is 14.8 Å². The van der Waals surface area contributed by atoms with Gasteiger partial charge in [0.2, 0.25) is 0 Å². The Bertz CT molecular complexity index is 672. The van der Waals surface area contributed by atoms with Gasteiger partial charge in [-0.05, 0) is 30.7 Å². The van der Waals surface area contributed by atoms with Crippen LogP contribution >= 0.6 is 0 Å². The van der Waals surface area contributed by atoms with Crippen LogP contribution in [0.2, 0.25) is 0 Å². The van der Waals surface area contributed by atoms with E-state index in [4.69, 9.17) is 14.2 Å². The van der Waals surface area contributed by atoms with Gasteiger partial charge >= 0.3 is 6.09 Å². The molecule has 1 atom stereocenters. The predicted octanol–water partition coefficient (Wildman–Crippen LogP) is 3.27. The molecule has 2 aromatic rings. The fourth-order valence-electron chi connectivity index (χ4n) is 2.46. The van der Waals surface area contributed by atoms with Gasteiger partial charge in [-0.1, -0.05) is 30.3 Å². The Balaban J connectivity index is 1.50. The van der Waals surface area contributed by atoms with Crippen LogP contribution in [-0.4, -0.2) is 18.9 Å². The van der Waals surface area contributed by atoms with E-state index in [1.807, 2.05) is 55.5 Å². The highest BCUT2D eigenvalue weighted by Crippen LogP contribution is 2.31. The van der Waals surface area contributed by atoms with E-state index in [1.54, 1.807) is 0 Å². The van der Waals surface area contributed by atoms with Gasteiger partial charge in [0.15, 0.2) is 6.23 Å². The third-order valence-electron chi connectivity index (χ3n) is 3.51. The molecule has 0 aromatic heterocycles. The van der Waals surface area contributed by atoms with Crippen LogP contribution in [0.3, 0.4) is 0 Å². The fourth-order valence-corrected chi connectivity index (χ4v) is 2.46. The Labute approximate surface area is 135 Å². The molecule has 1 amide bonds. The van der Waals surface area contributed by atoms with Crippen LogP contribution in [-0.2, 0) is 17.8 Å². The smallest absolute Gasteiger partial charge is 0.410 e. The second kappa shape index (κ2) is 7.05. The average molecular weight is 313 g/mol. The lowest BCUT2D eigenvalue weighted by molar-refractivity contribution is 0.113. The maximum absolute atomic E-state index is 11.9. The van der Waals surface area contributed by atoms with Crippen molar-refractivity contribution in [3.8, 4) is 11.5 Å². The maximum Gasteiger partial charge on any atom is 0.410 e. The summed E-state index contributed by atoms with van der Waals surface area (Å²) in [5.74, 6) is 1.57. The molecule has 2 aromatic carbocycles. The van der Waals surface area contributed by atoms with Gasteiger partial charge in [0.1, 0.15) is 18.1 Å². The van der Waals surface area contributed by atoms with Crippen molar-refractivity contribution >= 4 is 6.09 Å². The molecule has 0 aliphatic carbocycles. The minimum atomic E-state index is -0.489. The second-order valence-corrected chi connectivity index (χ2v) is 5.22. The van der Waals surface area contributed by atoms with E-state index in [9.17, 15) is 4.79 Å². The number of benzene rings is 2. The zero-order valence-corrected chi connectivity index (χ0v) is 13.0. The molecule has 0 spiro atoms. The first kappa shape index (κ1) is 15.2. The van der Waals surface area contributed by atoms with Crippen molar-refractivity contribution in [2.45, 2.75) is 26.2 Å². The summed E-state index contributed by atoms with van der Waals surface area (Å²) in [6, 6.07) is 15.2. The Morgan fingerprint density at radius 1 is 1.26 bits per heavy atom. The van der Waals surface area contributed by atoms with Crippen molar-refractivity contribution in [3.05, 3.63) is 59.7 Å². The third-order valence-corrected chi connectivity index (χ3v) is 3.51. The number of nitrogens with one attached hydrogen (secondary N) is 1. The van der Waals surface area contributed by atoms with E-state index in [0.29, 0.717) is 13.0 Å². The number of rotatable bonds is 5. The molecule has 0 bridgehead atoms. The van der Waals surface area contributed by atoms with Crippen LogP contribution in [0.25, 0.3) is 0 Å². The molecule has 1 unspecified atom stereocenters. The predicted molar refractivity (Wildman–Crippen MR) is 85.5 cm³/mol. The summed E-state index contributed by atoms with van der Waals surface area (Å²) in [5, 5.41) is 2.72. The van der Waals surface area contributed by atoms with E-state index in [-0.39, 0.29) is 6.61 Å². The highest BCUT2D eigenvalue weighted by Gasteiger charge is 2.25. The minimum absolute atomic E-state index is 0.237. The van der Waals surface area contributed by atoms with E-state index in [1.165, 1.54) is 0 Å². The molecule has 1 aliphatic heterocycles. The fraction of sp³-hybridized carbons (Fsp3) is 0.278. The summed E-state index contributed by atoms with van der Waals surface area (Å²) in [6.45, 7) is 2.80. The number of hydrogen-bond donors (Lipinski definition) is 1. The van der Waals surface area contributed by atoms with Crippen molar-refractivity contribution in [2.24, 2.45) is 0 Å². The van der Waals surface area contributed by atoms with E-state index in [2.05, 4.69) is 5.32 Å². The summed E-state index contributed by atoms with van der Waals surface area (Å²) >= 11 is 0. The Morgan fingerprint density at radius 3 is 2.87 bits per heavy atom. The lowest BCUT2D eigenvalue weighted by Crippen LogP contribution is -2.38. The van der Waals surface area contributed by atoms with Gasteiger partial charge in [-0.15, -0.1) is 0 Å². The molecular formula is C18H19NO4. The van der Waals surface area contributed by atoms with Crippen molar-refractivity contribution in [1.29, 1.82) is 0 Å². The SMILES string of the molecule is CCOc1ccc2c(c1)CC(NC(=O)OCc1ccccc1)O2. The van der Waals surface area contributed by atoms with E-state index >= 15 is 0 Å². The van der Waals surface area contributed by atoms with Crippen LogP contribution in [0.5, 0.6) is 11.5 Å². The molecule has 1 aliphatic rings. The van der Waals surface area contributed by atoms with Crippen molar-refractivity contribution in [3.63, 3.8) is 0 Å². The first-order valence-corrected chi connectivity index (χ1v) is 7.64. The van der Waals surface area contributed by atoms with Crippen LogP contribution in [0.4, 0.5) is 4.79 Å². The molecule has 3 rings (SSSR count). The number of amides is 1. The number of alkyl carbamates (subject to hydrolysis) is 1. The summed E-state index contributed by atoms with van der Waals surface area (Å²) in [7, 11) is 0. The molecule has 23 heavy (non-hydrogen) atoms. The minimum Gasteiger partial charge on any atom is -0.494 e. The molecule has 1 N–H and O–H groups in total. The number of ether oxygens (including phenoxy) is 3. The van der Waals surface area contributed by atoms with Gasteiger partial charge in [-0.2, -0.15) is 0 Å². The normalized spacial score (nSPS) is 15.4. The molecule has 0 saturated heterocycles. The monoisotopic (exact) mass is 313 g/mol. The largest absolute Gasteiger partial charge is 0.494 e. The second-order valence-electron chi connectivity index (χ2n) is 5.22. The van der Waals surface area contributed by atoms with Gasteiger partial charge in [-0.25, -0.2) is 4.79 Å². The van der Waals surface area contributed by atoms with Crippen molar-refractivity contribution < 1.29 is 19.0 Å². The average Bonchev–Trinajstić information content (AvgIpc) is 2.95. The van der Waals surface area contributed by atoms with Crippen LogP contribution in [0.15, 0.2) is 48.5 Å². The van der Waals surface area contributed by atoms with Crippen molar-refractivity contribution in [2.75, 3.05) is 6.61 Å². The van der Waals surface area contributed by atoms with Gasteiger partial charge in [0.25, 0.3) is 0 Å². The molecule has 0 fully saturated rings. The quantitative estimate of drug-likeness (QED) is 0.920. The van der Waals surface area contributed by atoms with E-state index in [0.717, 1.165) is 22.6 Å². The molecule has 0 radical (unpaired) electrons. The zero-order chi connectivity index (χ0) is 16.1. The van der Waals surface area contributed by atoms with Crippen molar-refractivity contribution in [1.82, 2.24) is 5.32 Å². The van der Waals surface area contributed by atoms with Crippen LogP contribution in [0, 0.1) is 0 Å². The highest BCUT2D eigenvalue weighted by atomic mass is 16.6. The molecule has 0 saturated carbocycles. The third kappa shape index (κ3) is 3.94. The zero-order valence-electron chi connectivity index (χ0n) is 13.0. The maximum atomic E-state index is 11.9. The van der Waals surface area contributed by atoms with Gasteiger partial charge in [0, 0.05) is 12.0 Å². The Kier molecular flexibility index (Phi) is 4.66.